The van der Waals surface area contributed by atoms with Crippen molar-refractivity contribution in [3.8, 4) is 0 Å². The van der Waals surface area contributed by atoms with Crippen molar-refractivity contribution in [1.29, 1.82) is 0 Å². The third-order valence-corrected chi connectivity index (χ3v) is 2.35. The van der Waals surface area contributed by atoms with Gasteiger partial charge in [-0.25, -0.2) is 0 Å². The number of aromatic nitrogens is 1. The quantitative estimate of drug-likeness (QED) is 0.737. The Labute approximate surface area is 72.8 Å². The number of nitrogens with zero attached hydrogens (tertiary/aromatic N) is 1. The summed E-state index contributed by atoms with van der Waals surface area (Å²) in [5, 5.41) is 0. The molecule has 2 N–H and O–H groups in total. The minimum Gasteiger partial charge on any atom is -0.323 e. The van der Waals surface area contributed by atoms with Gasteiger partial charge in [-0.05, 0) is 24.5 Å². The predicted octanol–water partition coefficient (Wildman–Crippen LogP) is 1.88. The fourth-order valence-electron chi connectivity index (χ4n) is 1.43. The molecule has 1 atom stereocenters. The molecule has 1 aromatic heterocycles. The Balaban J connectivity index is 1.98. The Kier molecular flexibility index (Phi) is 2.09. The summed E-state index contributed by atoms with van der Waals surface area (Å²) in [4.78, 5) is 4.23. The Morgan fingerprint density at radius 3 is 2.92 bits per heavy atom. The van der Waals surface area contributed by atoms with Crippen LogP contribution in [0.1, 0.15) is 31.0 Å². The number of hydrogen-bond donors (Lipinski definition) is 1. The maximum atomic E-state index is 5.97. The van der Waals surface area contributed by atoms with E-state index in [4.69, 9.17) is 5.73 Å². The highest BCUT2D eigenvalue weighted by atomic mass is 14.8. The monoisotopic (exact) mass is 162 g/mol. The molecule has 2 nitrogen and oxygen atoms in total. The minimum atomic E-state index is 0.152. The Morgan fingerprint density at radius 1 is 1.50 bits per heavy atom. The van der Waals surface area contributed by atoms with Gasteiger partial charge in [-0.1, -0.05) is 18.9 Å². The smallest absolute Gasteiger partial charge is 0.0571 e. The maximum absolute atomic E-state index is 5.97. The van der Waals surface area contributed by atoms with Crippen molar-refractivity contribution in [2.24, 2.45) is 11.7 Å². The zero-order chi connectivity index (χ0) is 8.39. The fraction of sp³-hybridized carbons (Fsp3) is 0.500. The van der Waals surface area contributed by atoms with E-state index in [0.29, 0.717) is 0 Å². The van der Waals surface area contributed by atoms with Gasteiger partial charge in [0.25, 0.3) is 0 Å². The van der Waals surface area contributed by atoms with E-state index in [9.17, 15) is 0 Å². The van der Waals surface area contributed by atoms with Crippen LogP contribution in [-0.2, 0) is 0 Å². The highest BCUT2D eigenvalue weighted by Crippen LogP contribution is 2.36. The summed E-state index contributed by atoms with van der Waals surface area (Å²) in [5.74, 6) is 0.877. The Bertz CT molecular complexity index is 241. The standard InChI is InChI=1S/C10H14N2/c11-9(7-8-4-5-8)10-3-1-2-6-12-10/h1-3,6,8-9H,4-5,7,11H2/t9-/m0/s1. The fourth-order valence-corrected chi connectivity index (χ4v) is 1.43. The van der Waals surface area contributed by atoms with Gasteiger partial charge in [0.15, 0.2) is 0 Å². The van der Waals surface area contributed by atoms with Crippen LogP contribution >= 0.6 is 0 Å². The van der Waals surface area contributed by atoms with Crippen LogP contribution in [0.5, 0.6) is 0 Å². The van der Waals surface area contributed by atoms with Gasteiger partial charge in [0.05, 0.1) is 5.69 Å². The van der Waals surface area contributed by atoms with Crippen molar-refractivity contribution in [1.82, 2.24) is 4.98 Å². The number of hydrogen-bond acceptors (Lipinski definition) is 2. The summed E-state index contributed by atoms with van der Waals surface area (Å²) in [6, 6.07) is 6.08. The summed E-state index contributed by atoms with van der Waals surface area (Å²) < 4.78 is 0. The zero-order valence-corrected chi connectivity index (χ0v) is 7.11. The topological polar surface area (TPSA) is 38.9 Å². The van der Waals surface area contributed by atoms with Gasteiger partial charge in [0.1, 0.15) is 0 Å². The molecule has 0 saturated heterocycles. The van der Waals surface area contributed by atoms with Gasteiger partial charge in [-0.15, -0.1) is 0 Å². The molecule has 1 heterocycles. The van der Waals surface area contributed by atoms with Crippen LogP contribution in [0.25, 0.3) is 0 Å². The zero-order valence-electron chi connectivity index (χ0n) is 7.11. The van der Waals surface area contributed by atoms with Crippen molar-refractivity contribution >= 4 is 0 Å². The molecular formula is C10H14N2. The minimum absolute atomic E-state index is 0.152. The van der Waals surface area contributed by atoms with Crippen LogP contribution in [0.4, 0.5) is 0 Å². The highest BCUT2D eigenvalue weighted by Gasteiger charge is 2.24. The second-order valence-electron chi connectivity index (χ2n) is 3.54. The lowest BCUT2D eigenvalue weighted by atomic mass is 10.1. The molecule has 0 bridgehead atoms. The molecule has 1 saturated carbocycles. The molecule has 0 radical (unpaired) electrons. The number of nitrogens with two attached hydrogens (primary N) is 1. The van der Waals surface area contributed by atoms with Crippen LogP contribution in [0, 0.1) is 5.92 Å². The molecule has 1 aliphatic carbocycles. The highest BCUT2D eigenvalue weighted by molar-refractivity contribution is 5.08. The van der Waals surface area contributed by atoms with Crippen LogP contribution in [-0.4, -0.2) is 4.98 Å². The van der Waals surface area contributed by atoms with Crippen molar-refractivity contribution in [3.63, 3.8) is 0 Å². The normalized spacial score (nSPS) is 19.1. The van der Waals surface area contributed by atoms with E-state index in [1.807, 2.05) is 24.4 Å². The van der Waals surface area contributed by atoms with E-state index >= 15 is 0 Å². The number of pyridine rings is 1. The summed E-state index contributed by atoms with van der Waals surface area (Å²) in [6.45, 7) is 0. The molecule has 0 aliphatic heterocycles. The molecule has 1 aliphatic rings. The molecule has 1 fully saturated rings. The first-order valence-corrected chi connectivity index (χ1v) is 4.53. The van der Waals surface area contributed by atoms with E-state index in [0.717, 1.165) is 18.0 Å². The molecule has 2 heteroatoms. The number of rotatable bonds is 3. The first kappa shape index (κ1) is 7.74. The van der Waals surface area contributed by atoms with Crippen LogP contribution in [0.3, 0.4) is 0 Å². The van der Waals surface area contributed by atoms with E-state index in [1.54, 1.807) is 0 Å². The first-order valence-electron chi connectivity index (χ1n) is 4.53. The summed E-state index contributed by atoms with van der Waals surface area (Å²) >= 11 is 0. The molecule has 1 aromatic rings. The van der Waals surface area contributed by atoms with E-state index in [-0.39, 0.29) is 6.04 Å². The average Bonchev–Trinajstić information content (AvgIpc) is 2.90. The van der Waals surface area contributed by atoms with Gasteiger partial charge < -0.3 is 5.73 Å². The van der Waals surface area contributed by atoms with Crippen LogP contribution in [0.15, 0.2) is 24.4 Å². The second kappa shape index (κ2) is 3.23. The molecule has 2 rings (SSSR count). The largest absolute Gasteiger partial charge is 0.323 e. The van der Waals surface area contributed by atoms with E-state index in [2.05, 4.69) is 4.98 Å². The lowest BCUT2D eigenvalue weighted by Gasteiger charge is -2.08. The predicted molar refractivity (Wildman–Crippen MR) is 48.5 cm³/mol. The SMILES string of the molecule is N[C@@H](CC1CC1)c1ccccn1. The van der Waals surface area contributed by atoms with Gasteiger partial charge in [0.2, 0.25) is 0 Å². The van der Waals surface area contributed by atoms with Crippen molar-refractivity contribution in [3.05, 3.63) is 30.1 Å². The van der Waals surface area contributed by atoms with Crippen LogP contribution in [0.2, 0.25) is 0 Å². The maximum Gasteiger partial charge on any atom is 0.0571 e. The molecular weight excluding hydrogens is 148 g/mol. The third-order valence-electron chi connectivity index (χ3n) is 2.35. The van der Waals surface area contributed by atoms with Crippen molar-refractivity contribution in [2.75, 3.05) is 0 Å². The molecule has 64 valence electrons. The third kappa shape index (κ3) is 1.83. The summed E-state index contributed by atoms with van der Waals surface area (Å²) in [6.07, 6.45) is 5.64. The van der Waals surface area contributed by atoms with Crippen LogP contribution < -0.4 is 5.73 Å². The van der Waals surface area contributed by atoms with Gasteiger partial charge in [0, 0.05) is 12.2 Å². The molecule has 0 aromatic carbocycles. The second-order valence-corrected chi connectivity index (χ2v) is 3.54. The van der Waals surface area contributed by atoms with Gasteiger partial charge in [-0.3, -0.25) is 4.98 Å². The van der Waals surface area contributed by atoms with Crippen molar-refractivity contribution < 1.29 is 0 Å². The molecule has 0 spiro atoms. The summed E-state index contributed by atoms with van der Waals surface area (Å²) in [7, 11) is 0. The summed E-state index contributed by atoms with van der Waals surface area (Å²) in [5.41, 5.74) is 7.01. The average molecular weight is 162 g/mol. The van der Waals surface area contributed by atoms with E-state index in [1.165, 1.54) is 12.8 Å². The first-order chi connectivity index (χ1) is 5.86. The molecule has 0 unspecified atom stereocenters. The lowest BCUT2D eigenvalue weighted by molar-refractivity contribution is 0.583. The van der Waals surface area contributed by atoms with Gasteiger partial charge >= 0.3 is 0 Å². The Morgan fingerprint density at radius 2 is 2.33 bits per heavy atom. The lowest BCUT2D eigenvalue weighted by Crippen LogP contribution is -2.12. The molecule has 12 heavy (non-hydrogen) atoms. The van der Waals surface area contributed by atoms with Crippen molar-refractivity contribution in [2.45, 2.75) is 25.3 Å². The van der Waals surface area contributed by atoms with Gasteiger partial charge in [-0.2, -0.15) is 0 Å². The molecule has 0 amide bonds. The van der Waals surface area contributed by atoms with E-state index < -0.39 is 0 Å². The Hall–Kier alpha value is -0.890.